The molecule has 0 unspecified atom stereocenters. The summed E-state index contributed by atoms with van der Waals surface area (Å²) >= 11 is 0. The first-order valence-electron chi connectivity index (χ1n) is 7.14. The molecule has 0 aromatic heterocycles. The Morgan fingerprint density at radius 3 is 2.33 bits per heavy atom. The number of nitrogens with zero attached hydrogens (tertiary/aromatic N) is 1. The first-order valence-corrected chi connectivity index (χ1v) is 7.14. The summed E-state index contributed by atoms with van der Waals surface area (Å²) in [5, 5.41) is 10.8. The first-order chi connectivity index (χ1) is 11.5. The topological polar surface area (TPSA) is 95.7 Å². The van der Waals surface area contributed by atoms with Crippen molar-refractivity contribution < 1.29 is 24.0 Å². The molecule has 24 heavy (non-hydrogen) atoms. The third-order valence-electron chi connectivity index (χ3n) is 3.30. The molecular weight excluding hydrogens is 314 g/mol. The van der Waals surface area contributed by atoms with Crippen molar-refractivity contribution in [3.8, 4) is 11.5 Å². The number of methoxy groups -OCH3 is 1. The van der Waals surface area contributed by atoms with Gasteiger partial charge in [0.1, 0.15) is 17.1 Å². The van der Waals surface area contributed by atoms with Gasteiger partial charge in [-0.3, -0.25) is 14.9 Å². The lowest BCUT2D eigenvalue weighted by Crippen LogP contribution is -2.05. The van der Waals surface area contributed by atoms with Crippen molar-refractivity contribution in [1.82, 2.24) is 0 Å². The number of hydrogen-bond donors (Lipinski definition) is 0. The minimum Gasteiger partial charge on any atom is -0.465 e. The molecular formula is C17H15NO6. The van der Waals surface area contributed by atoms with E-state index in [0.29, 0.717) is 17.7 Å². The van der Waals surface area contributed by atoms with Gasteiger partial charge in [0, 0.05) is 24.1 Å². The van der Waals surface area contributed by atoms with E-state index in [9.17, 15) is 19.7 Å². The van der Waals surface area contributed by atoms with Gasteiger partial charge < -0.3 is 9.47 Å². The summed E-state index contributed by atoms with van der Waals surface area (Å²) in [6.07, 6.45) is 0.398. The number of carbonyl (C=O) groups excluding carboxylic acids is 2. The van der Waals surface area contributed by atoms with Crippen LogP contribution >= 0.6 is 0 Å². The number of ether oxygens (including phenoxy) is 2. The molecule has 0 saturated heterocycles. The zero-order valence-electron chi connectivity index (χ0n) is 13.1. The quantitative estimate of drug-likeness (QED) is 0.346. The number of carbonyl (C=O) groups is 2. The number of esters is 1. The van der Waals surface area contributed by atoms with E-state index in [2.05, 4.69) is 4.74 Å². The number of rotatable bonds is 6. The van der Waals surface area contributed by atoms with Crippen molar-refractivity contribution >= 4 is 17.4 Å². The SMILES string of the molecule is CCC(=O)c1ccc(Oc2ccc([N+](=O)[O-])cc2C(=O)OC)cc1. The minimum atomic E-state index is -0.744. The predicted octanol–water partition coefficient (Wildman–Crippen LogP) is 3.77. The molecule has 7 heteroatoms. The fourth-order valence-corrected chi connectivity index (χ4v) is 2.03. The second-order valence-electron chi connectivity index (χ2n) is 4.83. The highest BCUT2D eigenvalue weighted by Gasteiger charge is 2.19. The number of benzene rings is 2. The molecule has 0 amide bonds. The van der Waals surface area contributed by atoms with Gasteiger partial charge in [0.25, 0.3) is 5.69 Å². The summed E-state index contributed by atoms with van der Waals surface area (Å²) < 4.78 is 10.2. The molecule has 0 aliphatic carbocycles. The minimum absolute atomic E-state index is 0.00661. The van der Waals surface area contributed by atoms with Crippen molar-refractivity contribution in [2.24, 2.45) is 0 Å². The molecule has 7 nitrogen and oxygen atoms in total. The fourth-order valence-electron chi connectivity index (χ4n) is 2.03. The Balaban J connectivity index is 2.33. The monoisotopic (exact) mass is 329 g/mol. The largest absolute Gasteiger partial charge is 0.465 e. The number of nitro groups is 1. The van der Waals surface area contributed by atoms with Crippen LogP contribution in [-0.4, -0.2) is 23.8 Å². The second-order valence-corrected chi connectivity index (χ2v) is 4.83. The molecule has 0 fully saturated rings. The maximum Gasteiger partial charge on any atom is 0.341 e. The van der Waals surface area contributed by atoms with Crippen molar-refractivity contribution in [3.63, 3.8) is 0 Å². The maximum absolute atomic E-state index is 11.8. The van der Waals surface area contributed by atoms with Gasteiger partial charge in [-0.15, -0.1) is 0 Å². The summed E-state index contributed by atoms with van der Waals surface area (Å²) in [5.74, 6) is -0.220. The Hall–Kier alpha value is -3.22. The van der Waals surface area contributed by atoms with Gasteiger partial charge in [0.2, 0.25) is 0 Å². The molecule has 0 aliphatic heterocycles. The number of non-ortho nitro benzene ring substituents is 1. The highest BCUT2D eigenvalue weighted by Crippen LogP contribution is 2.29. The lowest BCUT2D eigenvalue weighted by atomic mass is 10.1. The van der Waals surface area contributed by atoms with Crippen LogP contribution < -0.4 is 4.74 Å². The second kappa shape index (κ2) is 7.36. The summed E-state index contributed by atoms with van der Waals surface area (Å²) in [6, 6.07) is 10.1. The standard InChI is InChI=1S/C17H15NO6/c1-3-15(19)11-4-7-13(8-5-11)24-16-9-6-12(18(21)22)10-14(16)17(20)23-2/h4-10H,3H2,1-2H3. The zero-order chi connectivity index (χ0) is 17.7. The molecule has 2 rings (SSSR count). The zero-order valence-corrected chi connectivity index (χ0v) is 13.1. The van der Waals surface area contributed by atoms with E-state index >= 15 is 0 Å². The molecule has 0 atom stereocenters. The van der Waals surface area contributed by atoms with Crippen LogP contribution in [0, 0.1) is 10.1 Å². The summed E-state index contributed by atoms with van der Waals surface area (Å²) in [6.45, 7) is 1.77. The van der Waals surface area contributed by atoms with E-state index in [1.165, 1.54) is 19.2 Å². The van der Waals surface area contributed by atoms with E-state index in [1.807, 2.05) is 0 Å². The molecule has 0 N–H and O–H groups in total. The van der Waals surface area contributed by atoms with Crippen molar-refractivity contribution in [2.75, 3.05) is 7.11 Å². The number of Topliss-reactive ketones (excluding diaryl/α,β-unsaturated/α-hetero) is 1. The van der Waals surface area contributed by atoms with Crippen LogP contribution in [0.4, 0.5) is 5.69 Å². The molecule has 0 aliphatic rings. The Labute approximate surface area is 138 Å². The molecule has 0 heterocycles. The molecule has 2 aromatic carbocycles. The van der Waals surface area contributed by atoms with Gasteiger partial charge in [-0.05, 0) is 30.3 Å². The number of hydrogen-bond acceptors (Lipinski definition) is 6. The van der Waals surface area contributed by atoms with E-state index in [-0.39, 0.29) is 22.8 Å². The average molecular weight is 329 g/mol. The van der Waals surface area contributed by atoms with Gasteiger partial charge >= 0.3 is 5.97 Å². The third-order valence-corrected chi connectivity index (χ3v) is 3.30. The first kappa shape index (κ1) is 17.1. The highest BCUT2D eigenvalue weighted by molar-refractivity contribution is 5.96. The molecule has 0 spiro atoms. The lowest BCUT2D eigenvalue weighted by molar-refractivity contribution is -0.384. The number of ketones is 1. The Morgan fingerprint density at radius 2 is 1.79 bits per heavy atom. The van der Waals surface area contributed by atoms with Crippen LogP contribution in [0.25, 0.3) is 0 Å². The Bertz CT molecular complexity index is 782. The van der Waals surface area contributed by atoms with E-state index in [0.717, 1.165) is 6.07 Å². The maximum atomic E-state index is 11.8. The van der Waals surface area contributed by atoms with Crippen LogP contribution in [0.1, 0.15) is 34.1 Å². The van der Waals surface area contributed by atoms with Crippen molar-refractivity contribution in [3.05, 3.63) is 63.7 Å². The van der Waals surface area contributed by atoms with Crippen LogP contribution in [-0.2, 0) is 4.74 Å². The third kappa shape index (κ3) is 3.75. The van der Waals surface area contributed by atoms with Gasteiger partial charge in [-0.25, -0.2) is 4.79 Å². The lowest BCUT2D eigenvalue weighted by Gasteiger charge is -2.10. The van der Waals surface area contributed by atoms with Crippen LogP contribution in [0.2, 0.25) is 0 Å². The van der Waals surface area contributed by atoms with E-state index in [1.54, 1.807) is 31.2 Å². The van der Waals surface area contributed by atoms with Gasteiger partial charge in [-0.1, -0.05) is 6.92 Å². The Kier molecular flexibility index (Phi) is 5.26. The summed E-state index contributed by atoms with van der Waals surface area (Å²) in [7, 11) is 1.18. The summed E-state index contributed by atoms with van der Waals surface area (Å²) in [5.41, 5.74) is 0.258. The smallest absolute Gasteiger partial charge is 0.341 e. The summed E-state index contributed by atoms with van der Waals surface area (Å²) in [4.78, 5) is 33.6. The normalized spacial score (nSPS) is 10.1. The Morgan fingerprint density at radius 1 is 1.12 bits per heavy atom. The van der Waals surface area contributed by atoms with E-state index < -0.39 is 10.9 Å². The molecule has 0 radical (unpaired) electrons. The van der Waals surface area contributed by atoms with E-state index in [4.69, 9.17) is 4.74 Å². The van der Waals surface area contributed by atoms with Crippen LogP contribution in [0.3, 0.4) is 0 Å². The van der Waals surface area contributed by atoms with Crippen LogP contribution in [0.15, 0.2) is 42.5 Å². The highest BCUT2D eigenvalue weighted by atomic mass is 16.6. The fraction of sp³-hybridized carbons (Fsp3) is 0.176. The van der Waals surface area contributed by atoms with Gasteiger partial charge in [0.05, 0.1) is 12.0 Å². The number of nitro benzene ring substituents is 1. The average Bonchev–Trinajstić information content (AvgIpc) is 2.61. The van der Waals surface area contributed by atoms with Crippen molar-refractivity contribution in [2.45, 2.75) is 13.3 Å². The predicted molar refractivity (Wildman–Crippen MR) is 85.6 cm³/mol. The molecule has 0 bridgehead atoms. The molecule has 2 aromatic rings. The molecule has 0 saturated carbocycles. The van der Waals surface area contributed by atoms with Gasteiger partial charge in [-0.2, -0.15) is 0 Å². The van der Waals surface area contributed by atoms with Crippen molar-refractivity contribution in [1.29, 1.82) is 0 Å². The van der Waals surface area contributed by atoms with Gasteiger partial charge in [0.15, 0.2) is 5.78 Å². The molecule has 124 valence electrons. The van der Waals surface area contributed by atoms with Crippen LogP contribution in [0.5, 0.6) is 11.5 Å².